The van der Waals surface area contributed by atoms with Crippen molar-refractivity contribution in [3.63, 3.8) is 0 Å². The Hall–Kier alpha value is -2.08. The van der Waals surface area contributed by atoms with Crippen LogP contribution in [0.25, 0.3) is 0 Å². The van der Waals surface area contributed by atoms with Crippen LogP contribution in [0.1, 0.15) is 5.56 Å². The summed E-state index contributed by atoms with van der Waals surface area (Å²) in [6, 6.07) is 12.5. The van der Waals surface area contributed by atoms with Crippen LogP contribution in [0.15, 0.2) is 46.9 Å². The maximum Gasteiger partial charge on any atom is 0.296 e. The Morgan fingerprint density at radius 2 is 1.95 bits per heavy atom. The van der Waals surface area contributed by atoms with Crippen molar-refractivity contribution in [2.45, 2.75) is 6.54 Å². The predicted molar refractivity (Wildman–Crippen MR) is 81.1 cm³/mol. The van der Waals surface area contributed by atoms with Crippen LogP contribution >= 0.6 is 15.9 Å². The van der Waals surface area contributed by atoms with Crippen molar-refractivity contribution in [1.29, 1.82) is 0 Å². The summed E-state index contributed by atoms with van der Waals surface area (Å²) in [7, 11) is 1.48. The van der Waals surface area contributed by atoms with E-state index in [0.29, 0.717) is 18.0 Å². The van der Waals surface area contributed by atoms with E-state index in [1.807, 2.05) is 24.3 Å². The van der Waals surface area contributed by atoms with Crippen molar-refractivity contribution in [3.05, 3.63) is 62.6 Å². The van der Waals surface area contributed by atoms with E-state index in [9.17, 15) is 10.1 Å². The largest absolute Gasteiger partial charge is 0.496 e. The van der Waals surface area contributed by atoms with Crippen molar-refractivity contribution in [1.82, 2.24) is 0 Å². The summed E-state index contributed by atoms with van der Waals surface area (Å²) in [6.07, 6.45) is 0. The molecule has 0 aliphatic heterocycles. The summed E-state index contributed by atoms with van der Waals surface area (Å²) in [5, 5.41) is 14.1. The molecule has 0 radical (unpaired) electrons. The van der Waals surface area contributed by atoms with Gasteiger partial charge in [0.15, 0.2) is 0 Å². The number of hydrogen-bond donors (Lipinski definition) is 1. The SMILES string of the molecule is COc1ccc(NCc2ccc(Br)cc2)c([N+](=O)[O-])c1. The van der Waals surface area contributed by atoms with Gasteiger partial charge in [0.2, 0.25) is 0 Å². The van der Waals surface area contributed by atoms with Gasteiger partial charge in [-0.3, -0.25) is 10.1 Å². The van der Waals surface area contributed by atoms with Crippen molar-refractivity contribution in [2.75, 3.05) is 12.4 Å². The molecule has 104 valence electrons. The molecule has 20 heavy (non-hydrogen) atoms. The first kappa shape index (κ1) is 14.3. The van der Waals surface area contributed by atoms with E-state index in [1.165, 1.54) is 13.2 Å². The fourth-order valence-electron chi connectivity index (χ4n) is 1.74. The molecule has 5 nitrogen and oxygen atoms in total. The van der Waals surface area contributed by atoms with E-state index in [0.717, 1.165) is 10.0 Å². The second kappa shape index (κ2) is 6.38. The highest BCUT2D eigenvalue weighted by molar-refractivity contribution is 9.10. The summed E-state index contributed by atoms with van der Waals surface area (Å²) in [5.41, 5.74) is 1.51. The number of methoxy groups -OCH3 is 1. The van der Waals surface area contributed by atoms with E-state index in [1.54, 1.807) is 12.1 Å². The lowest BCUT2D eigenvalue weighted by Crippen LogP contribution is -2.02. The van der Waals surface area contributed by atoms with E-state index < -0.39 is 4.92 Å². The zero-order valence-corrected chi connectivity index (χ0v) is 12.4. The minimum absolute atomic E-state index is 0.00135. The molecule has 2 aromatic rings. The first-order chi connectivity index (χ1) is 9.60. The summed E-state index contributed by atoms with van der Waals surface area (Å²) < 4.78 is 6.00. The van der Waals surface area contributed by atoms with Crippen LogP contribution in [0.2, 0.25) is 0 Å². The highest BCUT2D eigenvalue weighted by atomic mass is 79.9. The van der Waals surface area contributed by atoms with Crippen LogP contribution in [0.5, 0.6) is 5.75 Å². The lowest BCUT2D eigenvalue weighted by atomic mass is 10.2. The molecule has 2 rings (SSSR count). The molecule has 0 aromatic heterocycles. The number of rotatable bonds is 5. The van der Waals surface area contributed by atoms with Gasteiger partial charge in [0.05, 0.1) is 18.1 Å². The number of halogens is 1. The standard InChI is InChI=1S/C14H13BrN2O3/c1-20-12-6-7-13(14(8-12)17(18)19)16-9-10-2-4-11(15)5-3-10/h2-8,16H,9H2,1H3. The normalized spacial score (nSPS) is 10.1. The van der Waals surface area contributed by atoms with Gasteiger partial charge in [0.25, 0.3) is 5.69 Å². The van der Waals surface area contributed by atoms with E-state index >= 15 is 0 Å². The van der Waals surface area contributed by atoms with Gasteiger partial charge in [0.1, 0.15) is 11.4 Å². The number of benzene rings is 2. The Balaban J connectivity index is 2.16. The molecule has 1 N–H and O–H groups in total. The highest BCUT2D eigenvalue weighted by Gasteiger charge is 2.14. The number of ether oxygens (including phenoxy) is 1. The maximum atomic E-state index is 11.0. The molecule has 2 aromatic carbocycles. The number of nitro benzene ring substituents is 1. The zero-order valence-electron chi connectivity index (χ0n) is 10.8. The Kier molecular flexibility index (Phi) is 4.57. The fraction of sp³-hybridized carbons (Fsp3) is 0.143. The average molecular weight is 337 g/mol. The molecule has 0 aliphatic rings. The van der Waals surface area contributed by atoms with Gasteiger partial charge in [-0.15, -0.1) is 0 Å². The minimum atomic E-state index is -0.424. The number of nitrogens with one attached hydrogen (secondary N) is 1. The zero-order chi connectivity index (χ0) is 14.5. The number of hydrogen-bond acceptors (Lipinski definition) is 4. The van der Waals surface area contributed by atoms with Crippen LogP contribution in [-0.4, -0.2) is 12.0 Å². The molecular weight excluding hydrogens is 324 g/mol. The van der Waals surface area contributed by atoms with E-state index in [-0.39, 0.29) is 5.69 Å². The van der Waals surface area contributed by atoms with Crippen LogP contribution < -0.4 is 10.1 Å². The van der Waals surface area contributed by atoms with Gasteiger partial charge < -0.3 is 10.1 Å². The molecule has 0 fully saturated rings. The van der Waals surface area contributed by atoms with Crippen molar-refractivity contribution in [3.8, 4) is 5.75 Å². The smallest absolute Gasteiger partial charge is 0.296 e. The number of nitrogens with zero attached hydrogens (tertiary/aromatic N) is 1. The Morgan fingerprint density at radius 3 is 2.55 bits per heavy atom. The Morgan fingerprint density at radius 1 is 1.25 bits per heavy atom. The second-order valence-corrected chi connectivity index (χ2v) is 5.04. The summed E-state index contributed by atoms with van der Waals surface area (Å²) in [5.74, 6) is 0.464. The molecule has 0 aliphatic carbocycles. The van der Waals surface area contributed by atoms with Crippen molar-refractivity contribution >= 4 is 27.3 Å². The lowest BCUT2D eigenvalue weighted by molar-refractivity contribution is -0.384. The third-order valence-electron chi connectivity index (χ3n) is 2.80. The first-order valence-corrected chi connectivity index (χ1v) is 6.70. The topological polar surface area (TPSA) is 64.4 Å². The summed E-state index contributed by atoms with van der Waals surface area (Å²) >= 11 is 3.36. The third-order valence-corrected chi connectivity index (χ3v) is 3.33. The van der Waals surface area contributed by atoms with Gasteiger partial charge in [-0.1, -0.05) is 28.1 Å². The minimum Gasteiger partial charge on any atom is -0.496 e. The molecule has 0 heterocycles. The number of nitro groups is 1. The van der Waals surface area contributed by atoms with Crippen molar-refractivity contribution < 1.29 is 9.66 Å². The van der Waals surface area contributed by atoms with Gasteiger partial charge >= 0.3 is 0 Å². The van der Waals surface area contributed by atoms with Crippen LogP contribution in [0.3, 0.4) is 0 Å². The van der Waals surface area contributed by atoms with Crippen molar-refractivity contribution in [2.24, 2.45) is 0 Å². The molecule has 0 spiro atoms. The molecule has 0 atom stereocenters. The second-order valence-electron chi connectivity index (χ2n) is 4.12. The average Bonchev–Trinajstić information content (AvgIpc) is 2.46. The van der Waals surface area contributed by atoms with Crippen LogP contribution in [0, 0.1) is 10.1 Å². The van der Waals surface area contributed by atoms with Crippen LogP contribution in [0.4, 0.5) is 11.4 Å². The first-order valence-electron chi connectivity index (χ1n) is 5.91. The van der Waals surface area contributed by atoms with Gasteiger partial charge in [-0.25, -0.2) is 0 Å². The molecule has 0 bridgehead atoms. The molecule has 0 amide bonds. The number of anilines is 1. The quantitative estimate of drug-likeness (QED) is 0.662. The Bertz CT molecular complexity index is 614. The molecule has 0 saturated heterocycles. The maximum absolute atomic E-state index is 11.0. The molecule has 0 saturated carbocycles. The van der Waals surface area contributed by atoms with Gasteiger partial charge in [-0.2, -0.15) is 0 Å². The Labute approximate surface area is 124 Å². The summed E-state index contributed by atoms with van der Waals surface area (Å²) in [6.45, 7) is 0.514. The van der Waals surface area contributed by atoms with Gasteiger partial charge in [0, 0.05) is 11.0 Å². The predicted octanol–water partition coefficient (Wildman–Crippen LogP) is 3.98. The molecule has 0 unspecified atom stereocenters. The molecular formula is C14H13BrN2O3. The fourth-order valence-corrected chi connectivity index (χ4v) is 2.00. The lowest BCUT2D eigenvalue weighted by Gasteiger charge is -2.08. The monoisotopic (exact) mass is 336 g/mol. The molecule has 6 heteroatoms. The van der Waals surface area contributed by atoms with E-state index in [4.69, 9.17) is 4.74 Å². The third kappa shape index (κ3) is 3.48. The van der Waals surface area contributed by atoms with Crippen LogP contribution in [-0.2, 0) is 6.54 Å². The summed E-state index contributed by atoms with van der Waals surface area (Å²) in [4.78, 5) is 10.6. The highest BCUT2D eigenvalue weighted by Crippen LogP contribution is 2.29. The van der Waals surface area contributed by atoms with E-state index in [2.05, 4.69) is 21.2 Å². The van der Waals surface area contributed by atoms with Gasteiger partial charge in [-0.05, 0) is 29.8 Å².